The molecule has 1 aromatic carbocycles. The lowest BCUT2D eigenvalue weighted by Crippen LogP contribution is -2.49. The number of benzene rings is 1. The van der Waals surface area contributed by atoms with Gasteiger partial charge in [-0.1, -0.05) is 30.3 Å². The third-order valence-electron chi connectivity index (χ3n) is 3.91. The molecule has 1 amide bonds. The van der Waals surface area contributed by atoms with Crippen LogP contribution in [-0.2, 0) is 21.4 Å². The Hall–Kier alpha value is -1.64. The van der Waals surface area contributed by atoms with E-state index in [1.54, 1.807) is 0 Å². The van der Waals surface area contributed by atoms with Gasteiger partial charge in [0.15, 0.2) is 0 Å². The van der Waals surface area contributed by atoms with Gasteiger partial charge >= 0.3 is 6.09 Å². The second-order valence-corrected chi connectivity index (χ2v) is 7.63. The summed E-state index contributed by atoms with van der Waals surface area (Å²) in [5.41, 5.74) is 0.886. The van der Waals surface area contributed by atoms with Crippen molar-refractivity contribution in [2.24, 2.45) is 0 Å². The molecular weight excluding hydrogens is 332 g/mol. The molecule has 1 aliphatic rings. The minimum Gasteiger partial charge on any atom is -0.445 e. The van der Waals surface area contributed by atoms with Crippen molar-refractivity contribution in [3.63, 3.8) is 0 Å². The Morgan fingerprint density at radius 3 is 2.75 bits per heavy atom. The van der Waals surface area contributed by atoms with Gasteiger partial charge < -0.3 is 14.7 Å². The second-order valence-electron chi connectivity index (χ2n) is 5.78. The monoisotopic (exact) mass is 356 g/mol. The van der Waals surface area contributed by atoms with E-state index in [0.29, 0.717) is 13.0 Å². The zero-order valence-electron chi connectivity index (χ0n) is 13.6. The van der Waals surface area contributed by atoms with E-state index in [1.165, 1.54) is 4.90 Å². The van der Waals surface area contributed by atoms with E-state index in [2.05, 4.69) is 4.72 Å². The summed E-state index contributed by atoms with van der Waals surface area (Å²) in [4.78, 5) is 13.8. The Bertz CT molecular complexity index is 621. The fraction of sp³-hybridized carbons (Fsp3) is 0.562. The summed E-state index contributed by atoms with van der Waals surface area (Å²) < 4.78 is 31.7. The fourth-order valence-electron chi connectivity index (χ4n) is 2.73. The molecule has 2 rings (SSSR count). The molecule has 24 heavy (non-hydrogen) atoms. The molecule has 0 saturated carbocycles. The van der Waals surface area contributed by atoms with Crippen LogP contribution in [0.1, 0.15) is 24.8 Å². The number of sulfonamides is 1. The molecule has 0 bridgehead atoms. The third-order valence-corrected chi connectivity index (χ3v) is 5.38. The molecule has 1 aromatic rings. The number of carbonyl (C=O) groups is 1. The van der Waals surface area contributed by atoms with Crippen molar-refractivity contribution in [2.45, 2.75) is 31.9 Å². The highest BCUT2D eigenvalue weighted by atomic mass is 32.2. The number of rotatable bonds is 7. The number of aliphatic hydroxyl groups is 1. The fourth-order valence-corrected chi connectivity index (χ4v) is 4.10. The molecule has 0 aromatic heterocycles. The van der Waals surface area contributed by atoms with Crippen molar-refractivity contribution in [2.75, 3.05) is 25.4 Å². The highest BCUT2D eigenvalue weighted by Gasteiger charge is 2.31. The maximum Gasteiger partial charge on any atom is 0.410 e. The summed E-state index contributed by atoms with van der Waals surface area (Å²) >= 11 is 0. The van der Waals surface area contributed by atoms with Gasteiger partial charge in [-0.25, -0.2) is 17.9 Å². The molecule has 2 N–H and O–H groups in total. The average Bonchev–Trinajstić information content (AvgIpc) is 2.59. The number of likely N-dealkylation sites (tertiary alicyclic amines) is 1. The molecule has 0 spiro atoms. The van der Waals surface area contributed by atoms with Gasteiger partial charge in [-0.05, 0) is 24.8 Å². The zero-order valence-corrected chi connectivity index (χ0v) is 14.4. The van der Waals surface area contributed by atoms with Gasteiger partial charge in [-0.15, -0.1) is 0 Å². The lowest BCUT2D eigenvalue weighted by Gasteiger charge is -2.34. The van der Waals surface area contributed by atoms with Gasteiger partial charge in [0.1, 0.15) is 6.61 Å². The summed E-state index contributed by atoms with van der Waals surface area (Å²) in [5.74, 6) is -0.173. The maximum atomic E-state index is 12.3. The number of piperidine rings is 1. The normalized spacial score (nSPS) is 18.4. The molecule has 1 heterocycles. The molecule has 0 radical (unpaired) electrons. The van der Waals surface area contributed by atoms with Crippen molar-refractivity contribution in [3.05, 3.63) is 35.9 Å². The molecule has 7 nitrogen and oxygen atoms in total. The molecule has 1 aliphatic heterocycles. The first-order chi connectivity index (χ1) is 11.5. The van der Waals surface area contributed by atoms with E-state index in [9.17, 15) is 13.2 Å². The first-order valence-corrected chi connectivity index (χ1v) is 9.72. The molecule has 1 atom stereocenters. The Labute approximate surface area is 142 Å². The number of ether oxygens (including phenoxy) is 1. The SMILES string of the molecule is O=C(OCc1ccccc1)N1CCCCC1CS(=O)(=O)NCCO. The summed E-state index contributed by atoms with van der Waals surface area (Å²) in [6, 6.07) is 8.95. The number of hydrogen-bond acceptors (Lipinski definition) is 5. The van der Waals surface area contributed by atoms with Crippen molar-refractivity contribution >= 4 is 16.1 Å². The molecule has 134 valence electrons. The van der Waals surface area contributed by atoms with Gasteiger partial charge in [0.2, 0.25) is 10.0 Å². The van der Waals surface area contributed by atoms with Crippen LogP contribution in [0.2, 0.25) is 0 Å². The Balaban J connectivity index is 1.94. The Morgan fingerprint density at radius 1 is 1.29 bits per heavy atom. The summed E-state index contributed by atoms with van der Waals surface area (Å²) in [7, 11) is -3.54. The van der Waals surface area contributed by atoms with Crippen molar-refractivity contribution in [1.82, 2.24) is 9.62 Å². The third kappa shape index (κ3) is 5.77. The predicted molar refractivity (Wildman–Crippen MR) is 89.8 cm³/mol. The largest absolute Gasteiger partial charge is 0.445 e. The number of nitrogens with one attached hydrogen (secondary N) is 1. The van der Waals surface area contributed by atoms with Gasteiger partial charge in [0.05, 0.1) is 18.4 Å². The topological polar surface area (TPSA) is 95.9 Å². The zero-order chi connectivity index (χ0) is 17.4. The number of hydrogen-bond donors (Lipinski definition) is 2. The van der Waals surface area contributed by atoms with Gasteiger partial charge in [0, 0.05) is 13.1 Å². The van der Waals surface area contributed by atoms with Crippen LogP contribution >= 0.6 is 0 Å². The van der Waals surface area contributed by atoms with E-state index < -0.39 is 22.2 Å². The lowest BCUT2D eigenvalue weighted by atomic mass is 10.0. The Kier molecular flexibility index (Phi) is 7.01. The molecular formula is C16H24N2O5S. The number of aliphatic hydroxyl groups excluding tert-OH is 1. The van der Waals surface area contributed by atoms with E-state index >= 15 is 0 Å². The minimum absolute atomic E-state index is 0.0203. The van der Waals surface area contributed by atoms with Crippen LogP contribution in [-0.4, -0.2) is 56.0 Å². The maximum absolute atomic E-state index is 12.3. The van der Waals surface area contributed by atoms with Crippen LogP contribution in [0.25, 0.3) is 0 Å². The van der Waals surface area contributed by atoms with Crippen molar-refractivity contribution in [3.8, 4) is 0 Å². The molecule has 1 saturated heterocycles. The lowest BCUT2D eigenvalue weighted by molar-refractivity contribution is 0.0727. The smallest absolute Gasteiger partial charge is 0.410 e. The van der Waals surface area contributed by atoms with Gasteiger partial charge in [-0.2, -0.15) is 0 Å². The molecule has 1 fully saturated rings. The van der Waals surface area contributed by atoms with Gasteiger partial charge in [-0.3, -0.25) is 0 Å². The molecule has 8 heteroatoms. The second kappa shape index (κ2) is 9.00. The number of carbonyl (C=O) groups excluding carboxylic acids is 1. The molecule has 0 aliphatic carbocycles. The first-order valence-electron chi connectivity index (χ1n) is 8.07. The highest BCUT2D eigenvalue weighted by Crippen LogP contribution is 2.19. The predicted octanol–water partition coefficient (Wildman–Crippen LogP) is 1.09. The number of nitrogens with zero attached hydrogens (tertiary/aromatic N) is 1. The van der Waals surface area contributed by atoms with Crippen LogP contribution in [0.3, 0.4) is 0 Å². The Morgan fingerprint density at radius 2 is 2.04 bits per heavy atom. The molecule has 1 unspecified atom stereocenters. The summed E-state index contributed by atoms with van der Waals surface area (Å²) in [6.07, 6.45) is 1.85. The van der Waals surface area contributed by atoms with Crippen LogP contribution in [0.4, 0.5) is 4.79 Å². The summed E-state index contributed by atoms with van der Waals surface area (Å²) in [6.45, 7) is 0.381. The van der Waals surface area contributed by atoms with Crippen LogP contribution in [0.5, 0.6) is 0 Å². The van der Waals surface area contributed by atoms with E-state index in [0.717, 1.165) is 18.4 Å². The van der Waals surface area contributed by atoms with Crippen molar-refractivity contribution in [1.29, 1.82) is 0 Å². The average molecular weight is 356 g/mol. The van der Waals surface area contributed by atoms with Crippen LogP contribution < -0.4 is 4.72 Å². The van der Waals surface area contributed by atoms with E-state index in [4.69, 9.17) is 9.84 Å². The quantitative estimate of drug-likeness (QED) is 0.762. The van der Waals surface area contributed by atoms with E-state index in [-0.39, 0.29) is 25.5 Å². The van der Waals surface area contributed by atoms with Crippen molar-refractivity contribution < 1.29 is 23.1 Å². The van der Waals surface area contributed by atoms with E-state index in [1.807, 2.05) is 30.3 Å². The van der Waals surface area contributed by atoms with Gasteiger partial charge in [0.25, 0.3) is 0 Å². The van der Waals surface area contributed by atoms with Crippen LogP contribution in [0.15, 0.2) is 30.3 Å². The van der Waals surface area contributed by atoms with Crippen LogP contribution in [0, 0.1) is 0 Å². The first kappa shape index (κ1) is 18.7. The standard InChI is InChI=1S/C16H24N2O5S/c19-11-9-17-24(21,22)13-15-8-4-5-10-18(15)16(20)23-12-14-6-2-1-3-7-14/h1-3,6-7,15,17,19H,4-5,8-13H2. The minimum atomic E-state index is -3.54. The highest BCUT2D eigenvalue weighted by molar-refractivity contribution is 7.89. The summed E-state index contributed by atoms with van der Waals surface area (Å²) in [5, 5.41) is 8.74. The number of amides is 1.